The summed E-state index contributed by atoms with van der Waals surface area (Å²) in [6.07, 6.45) is -0.440. The normalized spacial score (nSPS) is 15.8. The van der Waals surface area contributed by atoms with Crippen molar-refractivity contribution in [1.29, 1.82) is 0 Å². The summed E-state index contributed by atoms with van der Waals surface area (Å²) in [6.45, 7) is 7.40. The second-order valence-corrected chi connectivity index (χ2v) is 9.27. The number of imidazole rings is 1. The van der Waals surface area contributed by atoms with Crippen LogP contribution in [0.3, 0.4) is 0 Å². The van der Waals surface area contributed by atoms with Gasteiger partial charge in [0.2, 0.25) is 0 Å². The molecule has 1 aromatic carbocycles. The van der Waals surface area contributed by atoms with E-state index in [1.165, 1.54) is 6.07 Å². The molecule has 5 nitrogen and oxygen atoms in total. The van der Waals surface area contributed by atoms with Crippen molar-refractivity contribution in [3.05, 3.63) is 41.9 Å². The number of rotatable bonds is 5. The Balaban J connectivity index is 1.88. The molecule has 0 spiro atoms. The smallest absolute Gasteiger partial charge is 0.381 e. The summed E-state index contributed by atoms with van der Waals surface area (Å²) < 4.78 is 45.6. The van der Waals surface area contributed by atoms with Gasteiger partial charge in [0.15, 0.2) is 0 Å². The number of ether oxygens (including phenoxy) is 1. The molecule has 31 heavy (non-hydrogen) atoms. The summed E-state index contributed by atoms with van der Waals surface area (Å²) in [4.78, 5) is 18.0. The van der Waals surface area contributed by atoms with E-state index in [1.807, 2.05) is 12.3 Å². The number of aromatic nitrogens is 2. The van der Waals surface area contributed by atoms with Crippen LogP contribution in [0.25, 0.3) is 11.3 Å². The summed E-state index contributed by atoms with van der Waals surface area (Å²) in [7, 11) is 1.16. The molecule has 0 radical (unpaired) electrons. The third kappa shape index (κ3) is 6.09. The van der Waals surface area contributed by atoms with Crippen molar-refractivity contribution in [3.63, 3.8) is 0 Å². The van der Waals surface area contributed by atoms with E-state index < -0.39 is 18.6 Å². The number of hydrogen-bond donors (Lipinski definition) is 0. The first-order chi connectivity index (χ1) is 14.4. The van der Waals surface area contributed by atoms with Crippen LogP contribution in [-0.2, 0) is 16.7 Å². The number of benzene rings is 1. The van der Waals surface area contributed by atoms with Gasteiger partial charge in [-0.25, -0.2) is 4.98 Å². The maximum Gasteiger partial charge on any atom is 0.406 e. The molecule has 3 rings (SSSR count). The lowest BCUT2D eigenvalue weighted by Gasteiger charge is -2.25. The Morgan fingerprint density at radius 2 is 1.90 bits per heavy atom. The van der Waals surface area contributed by atoms with Crippen LogP contribution in [0.15, 0.2) is 30.5 Å². The molecular formula is C23H30F3N3O2. The van der Waals surface area contributed by atoms with Crippen LogP contribution < -0.4 is 0 Å². The standard InChI is InChI=1S/C23H30F3N3O2/c1-22(2,3)21-27-19(14-29(21)13-16-8-10-31-11-9-16)17-6-5-7-18(12-17)20(30)28(4)15-23(24,25)26/h5-7,12,14,16H,8-11,13,15H2,1-4H3. The lowest BCUT2D eigenvalue weighted by molar-refractivity contribution is -0.138. The summed E-state index contributed by atoms with van der Waals surface area (Å²) in [5.41, 5.74) is 1.46. The Labute approximate surface area is 181 Å². The van der Waals surface area contributed by atoms with Crippen LogP contribution in [-0.4, -0.2) is 53.3 Å². The predicted octanol–water partition coefficient (Wildman–Crippen LogP) is 4.91. The fourth-order valence-electron chi connectivity index (χ4n) is 3.87. The minimum atomic E-state index is -4.44. The summed E-state index contributed by atoms with van der Waals surface area (Å²) in [5.74, 6) is 0.789. The van der Waals surface area contributed by atoms with Crippen LogP contribution in [0.5, 0.6) is 0 Å². The molecular weight excluding hydrogens is 407 g/mol. The van der Waals surface area contributed by atoms with E-state index in [-0.39, 0.29) is 11.0 Å². The van der Waals surface area contributed by atoms with Crippen molar-refractivity contribution >= 4 is 5.91 Å². The fraction of sp³-hybridized carbons (Fsp3) is 0.565. The zero-order valence-electron chi connectivity index (χ0n) is 18.5. The number of hydrogen-bond acceptors (Lipinski definition) is 3. The van der Waals surface area contributed by atoms with Gasteiger partial charge in [-0.15, -0.1) is 0 Å². The SMILES string of the molecule is CN(CC(F)(F)F)C(=O)c1cccc(-c2cn(CC3CCOCC3)c(C(C)(C)C)n2)c1. The first kappa shape index (κ1) is 23.3. The van der Waals surface area contributed by atoms with Crippen molar-refractivity contribution < 1.29 is 22.7 Å². The molecule has 0 N–H and O–H groups in total. The van der Waals surface area contributed by atoms with E-state index in [4.69, 9.17) is 9.72 Å². The lowest BCUT2D eigenvalue weighted by Crippen LogP contribution is -2.35. The number of nitrogens with zero attached hydrogens (tertiary/aromatic N) is 3. The molecule has 2 heterocycles. The molecule has 2 aromatic rings. The average Bonchev–Trinajstić information content (AvgIpc) is 3.11. The van der Waals surface area contributed by atoms with Gasteiger partial charge >= 0.3 is 6.18 Å². The van der Waals surface area contributed by atoms with E-state index in [2.05, 4.69) is 25.3 Å². The highest BCUT2D eigenvalue weighted by molar-refractivity contribution is 5.95. The molecule has 0 aliphatic carbocycles. The molecule has 1 aromatic heterocycles. The van der Waals surface area contributed by atoms with E-state index >= 15 is 0 Å². The van der Waals surface area contributed by atoms with Crippen LogP contribution in [0.2, 0.25) is 0 Å². The number of alkyl halides is 3. The van der Waals surface area contributed by atoms with Crippen LogP contribution in [0.4, 0.5) is 13.2 Å². The average molecular weight is 438 g/mol. The molecule has 1 amide bonds. The zero-order valence-corrected chi connectivity index (χ0v) is 18.5. The van der Waals surface area contributed by atoms with Crippen molar-refractivity contribution in [2.75, 3.05) is 26.8 Å². The summed E-state index contributed by atoms with van der Waals surface area (Å²) >= 11 is 0. The fourth-order valence-corrected chi connectivity index (χ4v) is 3.87. The van der Waals surface area contributed by atoms with E-state index in [1.54, 1.807) is 12.1 Å². The summed E-state index contributed by atoms with van der Waals surface area (Å²) in [6, 6.07) is 6.65. The highest BCUT2D eigenvalue weighted by atomic mass is 19.4. The van der Waals surface area contributed by atoms with Gasteiger partial charge in [0.05, 0.1) is 5.69 Å². The first-order valence-corrected chi connectivity index (χ1v) is 10.5. The molecule has 1 aliphatic heterocycles. The van der Waals surface area contributed by atoms with Crippen molar-refractivity contribution in [3.8, 4) is 11.3 Å². The minimum absolute atomic E-state index is 0.177. The molecule has 0 atom stereocenters. The number of amides is 1. The zero-order chi connectivity index (χ0) is 22.8. The van der Waals surface area contributed by atoms with E-state index in [0.29, 0.717) is 22.1 Å². The maximum atomic E-state index is 12.7. The Kier molecular flexibility index (Phi) is 6.79. The second-order valence-electron chi connectivity index (χ2n) is 9.27. The Hall–Kier alpha value is -2.35. The van der Waals surface area contributed by atoms with Crippen molar-refractivity contribution in [2.45, 2.75) is 51.7 Å². The Morgan fingerprint density at radius 1 is 1.23 bits per heavy atom. The third-order valence-corrected chi connectivity index (χ3v) is 5.41. The monoisotopic (exact) mass is 437 g/mol. The highest BCUT2D eigenvalue weighted by Gasteiger charge is 2.31. The van der Waals surface area contributed by atoms with E-state index in [0.717, 1.165) is 45.5 Å². The van der Waals surface area contributed by atoms with Crippen LogP contribution in [0.1, 0.15) is 49.8 Å². The van der Waals surface area contributed by atoms with Gasteiger partial charge in [0.1, 0.15) is 12.4 Å². The minimum Gasteiger partial charge on any atom is -0.381 e. The Bertz CT molecular complexity index is 910. The van der Waals surface area contributed by atoms with E-state index in [9.17, 15) is 18.0 Å². The molecule has 8 heteroatoms. The molecule has 1 saturated heterocycles. The quantitative estimate of drug-likeness (QED) is 0.668. The number of halogens is 3. The first-order valence-electron chi connectivity index (χ1n) is 10.5. The predicted molar refractivity (Wildman–Crippen MR) is 113 cm³/mol. The molecule has 170 valence electrons. The number of carbonyl (C=O) groups is 1. The van der Waals surface area contributed by atoms with Gasteiger partial charge in [-0.05, 0) is 30.9 Å². The van der Waals surface area contributed by atoms with Crippen molar-refractivity contribution in [2.24, 2.45) is 5.92 Å². The van der Waals surface area contributed by atoms with Gasteiger partial charge in [-0.2, -0.15) is 13.2 Å². The maximum absolute atomic E-state index is 12.7. The molecule has 1 aliphatic rings. The van der Waals surface area contributed by atoms with Gasteiger partial charge in [0.25, 0.3) is 5.91 Å². The van der Waals surface area contributed by atoms with Crippen LogP contribution >= 0.6 is 0 Å². The lowest BCUT2D eigenvalue weighted by atomic mass is 9.94. The largest absolute Gasteiger partial charge is 0.406 e. The third-order valence-electron chi connectivity index (χ3n) is 5.41. The molecule has 1 fully saturated rings. The van der Waals surface area contributed by atoms with Gasteiger partial charge in [0, 0.05) is 49.5 Å². The van der Waals surface area contributed by atoms with Gasteiger partial charge < -0.3 is 14.2 Å². The van der Waals surface area contributed by atoms with Gasteiger partial charge in [-0.3, -0.25) is 4.79 Å². The highest BCUT2D eigenvalue weighted by Crippen LogP contribution is 2.29. The summed E-state index contributed by atoms with van der Waals surface area (Å²) in [5, 5.41) is 0. The van der Waals surface area contributed by atoms with Gasteiger partial charge in [-0.1, -0.05) is 32.9 Å². The topological polar surface area (TPSA) is 47.4 Å². The molecule has 0 unspecified atom stereocenters. The molecule has 0 bridgehead atoms. The van der Waals surface area contributed by atoms with Crippen LogP contribution in [0, 0.1) is 5.92 Å². The molecule has 0 saturated carbocycles. The second kappa shape index (κ2) is 9.02. The Morgan fingerprint density at radius 3 is 2.52 bits per heavy atom. The van der Waals surface area contributed by atoms with Crippen molar-refractivity contribution in [1.82, 2.24) is 14.5 Å². The number of carbonyl (C=O) groups excluding carboxylic acids is 1.